The molecule has 1 saturated carbocycles. The fourth-order valence-corrected chi connectivity index (χ4v) is 4.32. The number of hydrogen-bond acceptors (Lipinski definition) is 6. The fraction of sp³-hybridized carbons (Fsp3) is 0.440. The van der Waals surface area contributed by atoms with Crippen LogP contribution in [-0.2, 0) is 0 Å². The van der Waals surface area contributed by atoms with E-state index >= 15 is 0 Å². The van der Waals surface area contributed by atoms with E-state index in [4.69, 9.17) is 4.74 Å². The smallest absolute Gasteiger partial charge is 0.182 e. The molecule has 4 rings (SSSR count). The molecule has 1 aliphatic carbocycles. The second-order valence-electron chi connectivity index (χ2n) is 8.73. The number of aromatic nitrogens is 4. The lowest BCUT2D eigenvalue weighted by Crippen LogP contribution is -2.21. The van der Waals surface area contributed by atoms with Gasteiger partial charge < -0.3 is 10.1 Å². The van der Waals surface area contributed by atoms with Crippen molar-refractivity contribution >= 4 is 5.82 Å². The maximum Gasteiger partial charge on any atom is 0.182 e. The van der Waals surface area contributed by atoms with Gasteiger partial charge in [0.1, 0.15) is 11.9 Å². The lowest BCUT2D eigenvalue weighted by Gasteiger charge is -2.28. The van der Waals surface area contributed by atoms with E-state index in [0.29, 0.717) is 29.3 Å². The van der Waals surface area contributed by atoms with Crippen molar-refractivity contribution in [3.05, 3.63) is 54.2 Å². The third-order valence-electron chi connectivity index (χ3n) is 6.27. The van der Waals surface area contributed by atoms with Crippen LogP contribution in [0.15, 0.2) is 42.9 Å². The Hall–Kier alpha value is -3.40. The van der Waals surface area contributed by atoms with Crippen LogP contribution in [0.4, 0.5) is 5.82 Å². The Balaban J connectivity index is 1.32. The Kier molecular flexibility index (Phi) is 6.69. The van der Waals surface area contributed by atoms with Gasteiger partial charge in [0.2, 0.25) is 0 Å². The van der Waals surface area contributed by atoms with Crippen LogP contribution >= 0.6 is 0 Å². The average Bonchev–Trinajstić information content (AvgIpc) is 3.34. The lowest BCUT2D eigenvalue weighted by atomic mass is 9.80. The van der Waals surface area contributed by atoms with Gasteiger partial charge in [0.05, 0.1) is 13.3 Å². The topological polar surface area (TPSA) is 88.7 Å². The first-order chi connectivity index (χ1) is 15.6. The molecule has 0 saturated heterocycles. The van der Waals surface area contributed by atoms with Crippen molar-refractivity contribution in [2.45, 2.75) is 51.5 Å². The number of hydrogen-bond donors (Lipinski definition) is 1. The highest BCUT2D eigenvalue weighted by atomic mass is 16.5. The molecule has 7 nitrogen and oxygen atoms in total. The second kappa shape index (κ2) is 9.82. The van der Waals surface area contributed by atoms with Gasteiger partial charge in [-0.05, 0) is 75.3 Å². The summed E-state index contributed by atoms with van der Waals surface area (Å²) in [6.07, 6.45) is 10.3. The molecule has 0 atom stereocenters. The lowest BCUT2D eigenvalue weighted by molar-refractivity contribution is 0.334. The third-order valence-corrected chi connectivity index (χ3v) is 6.27. The standard InChI is InChI=1S/C25H30N6O/c1-17(2)31-16-21(15-29-31)20-10-11-27-25(12-20)28-14-18-4-6-19(7-5-18)22-8-9-24(32-3)23(13-26)30-22/h8-12,15-19H,4-7,14H2,1-3H3,(H,27,28). The summed E-state index contributed by atoms with van der Waals surface area (Å²) in [5.41, 5.74) is 3.61. The van der Waals surface area contributed by atoms with Gasteiger partial charge in [-0.25, -0.2) is 9.97 Å². The van der Waals surface area contributed by atoms with E-state index in [2.05, 4.69) is 52.6 Å². The highest BCUT2D eigenvalue weighted by molar-refractivity contribution is 5.64. The molecular weight excluding hydrogens is 400 g/mol. The highest BCUT2D eigenvalue weighted by Gasteiger charge is 2.24. The minimum atomic E-state index is 0.345. The van der Waals surface area contributed by atoms with Crippen LogP contribution in [0.2, 0.25) is 0 Å². The van der Waals surface area contributed by atoms with E-state index in [1.165, 1.54) is 0 Å². The zero-order chi connectivity index (χ0) is 22.5. The van der Waals surface area contributed by atoms with Crippen molar-refractivity contribution in [1.29, 1.82) is 5.26 Å². The van der Waals surface area contributed by atoms with Gasteiger partial charge in [0, 0.05) is 42.2 Å². The molecule has 0 spiro atoms. The molecule has 1 fully saturated rings. The van der Waals surface area contributed by atoms with E-state index in [9.17, 15) is 5.26 Å². The van der Waals surface area contributed by atoms with Gasteiger partial charge in [-0.15, -0.1) is 0 Å². The van der Waals surface area contributed by atoms with Crippen molar-refractivity contribution in [3.8, 4) is 22.9 Å². The van der Waals surface area contributed by atoms with E-state index in [-0.39, 0.29) is 0 Å². The SMILES string of the molecule is COc1ccc(C2CCC(CNc3cc(-c4cnn(C(C)C)c4)ccn3)CC2)nc1C#N. The Morgan fingerprint density at radius 2 is 2.00 bits per heavy atom. The molecular formula is C25H30N6O. The van der Waals surface area contributed by atoms with Crippen LogP contribution in [0, 0.1) is 17.2 Å². The molecule has 32 heavy (non-hydrogen) atoms. The average molecular weight is 431 g/mol. The first-order valence-electron chi connectivity index (χ1n) is 11.3. The van der Waals surface area contributed by atoms with E-state index in [1.54, 1.807) is 7.11 Å². The van der Waals surface area contributed by atoms with Crippen LogP contribution in [0.3, 0.4) is 0 Å². The summed E-state index contributed by atoms with van der Waals surface area (Å²) in [6, 6.07) is 10.5. The number of nitrogens with one attached hydrogen (secondary N) is 1. The molecule has 0 radical (unpaired) electrons. The van der Waals surface area contributed by atoms with Crippen LogP contribution < -0.4 is 10.1 Å². The molecule has 3 aromatic heterocycles. The van der Waals surface area contributed by atoms with Crippen LogP contribution in [0.1, 0.15) is 62.9 Å². The van der Waals surface area contributed by atoms with Gasteiger partial charge in [0.15, 0.2) is 11.4 Å². The summed E-state index contributed by atoms with van der Waals surface area (Å²) in [4.78, 5) is 9.04. The van der Waals surface area contributed by atoms with Gasteiger partial charge in [-0.3, -0.25) is 4.68 Å². The molecule has 0 aliphatic heterocycles. The summed E-state index contributed by atoms with van der Waals surface area (Å²) in [7, 11) is 1.57. The Morgan fingerprint density at radius 1 is 1.19 bits per heavy atom. The predicted molar refractivity (Wildman–Crippen MR) is 125 cm³/mol. The highest BCUT2D eigenvalue weighted by Crippen LogP contribution is 2.36. The molecule has 0 bridgehead atoms. The van der Waals surface area contributed by atoms with Crippen molar-refractivity contribution in [2.24, 2.45) is 5.92 Å². The number of anilines is 1. The van der Waals surface area contributed by atoms with Gasteiger partial charge in [-0.2, -0.15) is 10.4 Å². The summed E-state index contributed by atoms with van der Waals surface area (Å²) >= 11 is 0. The number of ether oxygens (including phenoxy) is 1. The van der Waals surface area contributed by atoms with Gasteiger partial charge >= 0.3 is 0 Å². The van der Waals surface area contributed by atoms with Crippen LogP contribution in [-0.4, -0.2) is 33.4 Å². The van der Waals surface area contributed by atoms with E-state index in [0.717, 1.165) is 54.9 Å². The first kappa shape index (κ1) is 21.8. The van der Waals surface area contributed by atoms with Crippen LogP contribution in [0.5, 0.6) is 5.75 Å². The quantitative estimate of drug-likeness (QED) is 0.555. The van der Waals surface area contributed by atoms with Crippen molar-refractivity contribution in [3.63, 3.8) is 0 Å². The van der Waals surface area contributed by atoms with Crippen molar-refractivity contribution in [1.82, 2.24) is 19.7 Å². The zero-order valence-electron chi connectivity index (χ0n) is 19.0. The Bertz CT molecular complexity index is 1090. The molecule has 0 unspecified atom stereocenters. The van der Waals surface area contributed by atoms with Crippen LogP contribution in [0.25, 0.3) is 11.1 Å². The number of methoxy groups -OCH3 is 1. The van der Waals surface area contributed by atoms with Crippen molar-refractivity contribution < 1.29 is 4.74 Å². The summed E-state index contributed by atoms with van der Waals surface area (Å²) in [6.45, 7) is 5.16. The summed E-state index contributed by atoms with van der Waals surface area (Å²) in [5.74, 6) is 2.45. The maximum absolute atomic E-state index is 9.30. The fourth-order valence-electron chi connectivity index (χ4n) is 4.32. The van der Waals surface area contributed by atoms with E-state index < -0.39 is 0 Å². The monoisotopic (exact) mass is 430 g/mol. The van der Waals surface area contributed by atoms with Gasteiger partial charge in [-0.1, -0.05) is 0 Å². The molecule has 166 valence electrons. The van der Waals surface area contributed by atoms with E-state index in [1.807, 2.05) is 35.3 Å². The summed E-state index contributed by atoms with van der Waals surface area (Å²) in [5, 5.41) is 17.3. The zero-order valence-corrected chi connectivity index (χ0v) is 19.0. The minimum Gasteiger partial charge on any atom is -0.494 e. The van der Waals surface area contributed by atoms with Crippen molar-refractivity contribution in [2.75, 3.05) is 19.0 Å². The number of nitriles is 1. The third kappa shape index (κ3) is 4.91. The maximum atomic E-state index is 9.30. The molecule has 3 aromatic rings. The molecule has 3 heterocycles. The summed E-state index contributed by atoms with van der Waals surface area (Å²) < 4.78 is 7.18. The molecule has 0 aromatic carbocycles. The molecule has 1 N–H and O–H groups in total. The Morgan fingerprint density at radius 3 is 2.69 bits per heavy atom. The second-order valence-corrected chi connectivity index (χ2v) is 8.73. The normalized spacial score (nSPS) is 18.3. The molecule has 7 heteroatoms. The number of nitrogens with zero attached hydrogens (tertiary/aromatic N) is 5. The minimum absolute atomic E-state index is 0.345. The largest absolute Gasteiger partial charge is 0.494 e. The Labute approximate surface area is 189 Å². The number of pyridine rings is 2. The molecule has 1 aliphatic rings. The predicted octanol–water partition coefficient (Wildman–Crippen LogP) is 5.19. The first-order valence-corrected chi connectivity index (χ1v) is 11.3. The molecule has 0 amide bonds. The number of rotatable bonds is 7. The van der Waals surface area contributed by atoms with Gasteiger partial charge in [0.25, 0.3) is 0 Å².